The number of carbonyl (C=O) groups excluding carboxylic acids is 2. The van der Waals surface area contributed by atoms with Gasteiger partial charge in [-0.05, 0) is 37.6 Å². The summed E-state index contributed by atoms with van der Waals surface area (Å²) in [6.07, 6.45) is 0. The number of carbonyl (C=O) groups is 2. The summed E-state index contributed by atoms with van der Waals surface area (Å²) in [6, 6.07) is 10.9. The molecule has 0 radical (unpaired) electrons. The smallest absolute Gasteiger partial charge is 0.316 e. The number of hydrogen-bond donors (Lipinski definition) is 1. The molecule has 0 aliphatic rings. The van der Waals surface area contributed by atoms with Crippen LogP contribution in [0.15, 0.2) is 36.4 Å². The second-order valence-corrected chi connectivity index (χ2v) is 7.52. The van der Waals surface area contributed by atoms with Crippen molar-refractivity contribution in [3.8, 4) is 0 Å². The summed E-state index contributed by atoms with van der Waals surface area (Å²) in [5, 5.41) is 3.74. The number of ether oxygens (including phenoxy) is 1. The van der Waals surface area contributed by atoms with Gasteiger partial charge < -0.3 is 10.1 Å². The standard InChI is InChI=1S/C19H19Cl2NO3S/c1-12-6-7-17(13(2)8-12)22-18(23)10-26-11-19(24)25-9-14-15(20)4-3-5-16(14)21/h3-8H,9-11H2,1-2H3,(H,22,23). The number of esters is 1. The summed E-state index contributed by atoms with van der Waals surface area (Å²) in [4.78, 5) is 23.8. The second kappa shape index (κ2) is 9.86. The van der Waals surface area contributed by atoms with Crippen molar-refractivity contribution in [1.29, 1.82) is 0 Å². The molecule has 0 aliphatic carbocycles. The van der Waals surface area contributed by atoms with Crippen LogP contribution in [-0.4, -0.2) is 23.4 Å². The van der Waals surface area contributed by atoms with Crippen LogP contribution in [0.2, 0.25) is 10.0 Å². The topological polar surface area (TPSA) is 55.4 Å². The highest BCUT2D eigenvalue weighted by Crippen LogP contribution is 2.25. The molecule has 1 N–H and O–H groups in total. The van der Waals surface area contributed by atoms with E-state index in [-0.39, 0.29) is 24.0 Å². The first-order valence-electron chi connectivity index (χ1n) is 7.90. The van der Waals surface area contributed by atoms with E-state index in [0.29, 0.717) is 15.6 Å². The number of nitrogens with one attached hydrogen (secondary N) is 1. The second-order valence-electron chi connectivity index (χ2n) is 5.72. The van der Waals surface area contributed by atoms with Gasteiger partial charge in [-0.25, -0.2) is 0 Å². The van der Waals surface area contributed by atoms with Crippen LogP contribution < -0.4 is 5.32 Å². The lowest BCUT2D eigenvalue weighted by Gasteiger charge is -2.10. The average molecular weight is 412 g/mol. The van der Waals surface area contributed by atoms with Crippen LogP contribution >= 0.6 is 35.0 Å². The monoisotopic (exact) mass is 411 g/mol. The highest BCUT2D eigenvalue weighted by atomic mass is 35.5. The molecule has 138 valence electrons. The van der Waals surface area contributed by atoms with Crippen molar-refractivity contribution in [1.82, 2.24) is 0 Å². The molecule has 0 saturated heterocycles. The Hall–Kier alpha value is -1.69. The van der Waals surface area contributed by atoms with Gasteiger partial charge in [0.2, 0.25) is 5.91 Å². The van der Waals surface area contributed by atoms with Gasteiger partial charge in [0, 0.05) is 21.3 Å². The van der Waals surface area contributed by atoms with E-state index in [4.69, 9.17) is 27.9 Å². The molecule has 7 heteroatoms. The minimum absolute atomic E-state index is 0.00660. The minimum atomic E-state index is -0.426. The molecule has 2 rings (SSSR count). The van der Waals surface area contributed by atoms with Crippen LogP contribution in [0.5, 0.6) is 0 Å². The molecular formula is C19H19Cl2NO3S. The number of anilines is 1. The van der Waals surface area contributed by atoms with E-state index >= 15 is 0 Å². The zero-order valence-electron chi connectivity index (χ0n) is 14.5. The Morgan fingerprint density at radius 1 is 1.08 bits per heavy atom. The Balaban J connectivity index is 1.73. The van der Waals surface area contributed by atoms with E-state index in [2.05, 4.69) is 5.32 Å². The van der Waals surface area contributed by atoms with Gasteiger partial charge in [-0.2, -0.15) is 0 Å². The summed E-state index contributed by atoms with van der Waals surface area (Å²) >= 11 is 13.2. The van der Waals surface area contributed by atoms with E-state index in [1.165, 1.54) is 11.8 Å². The van der Waals surface area contributed by atoms with Crippen molar-refractivity contribution >= 4 is 52.5 Å². The first kappa shape index (κ1) is 20.6. The predicted molar refractivity (Wildman–Crippen MR) is 108 cm³/mol. The SMILES string of the molecule is Cc1ccc(NC(=O)CSCC(=O)OCc2c(Cl)cccc2Cl)c(C)c1. The number of rotatable bonds is 7. The predicted octanol–water partition coefficient (Wildman–Crippen LogP) is 5.03. The van der Waals surface area contributed by atoms with E-state index in [0.717, 1.165) is 16.8 Å². The molecule has 0 saturated carbocycles. The lowest BCUT2D eigenvalue weighted by atomic mass is 10.1. The fourth-order valence-electron chi connectivity index (χ4n) is 2.23. The maximum Gasteiger partial charge on any atom is 0.316 e. The maximum atomic E-state index is 12.0. The maximum absolute atomic E-state index is 12.0. The van der Waals surface area contributed by atoms with Crippen LogP contribution in [0, 0.1) is 13.8 Å². The molecule has 2 aromatic carbocycles. The lowest BCUT2D eigenvalue weighted by molar-refractivity contribution is -0.141. The van der Waals surface area contributed by atoms with E-state index in [9.17, 15) is 9.59 Å². The highest BCUT2D eigenvalue weighted by Gasteiger charge is 2.11. The first-order chi connectivity index (χ1) is 12.4. The van der Waals surface area contributed by atoms with Crippen molar-refractivity contribution < 1.29 is 14.3 Å². The van der Waals surface area contributed by atoms with Gasteiger partial charge >= 0.3 is 5.97 Å². The van der Waals surface area contributed by atoms with Crippen LogP contribution in [0.3, 0.4) is 0 Å². The number of aryl methyl sites for hydroxylation is 2. The van der Waals surface area contributed by atoms with Crippen LogP contribution in [-0.2, 0) is 20.9 Å². The lowest BCUT2D eigenvalue weighted by Crippen LogP contribution is -2.17. The third kappa shape index (κ3) is 6.24. The number of hydrogen-bond acceptors (Lipinski definition) is 4. The first-order valence-corrected chi connectivity index (χ1v) is 9.81. The average Bonchev–Trinajstić information content (AvgIpc) is 2.57. The molecule has 4 nitrogen and oxygen atoms in total. The Labute approximate surface area is 167 Å². The van der Waals surface area contributed by atoms with Gasteiger partial charge in [0.05, 0.1) is 11.5 Å². The van der Waals surface area contributed by atoms with Gasteiger partial charge in [0.25, 0.3) is 0 Å². The number of thioether (sulfide) groups is 1. The van der Waals surface area contributed by atoms with Crippen molar-refractivity contribution in [3.63, 3.8) is 0 Å². The Bertz CT molecular complexity index is 791. The zero-order valence-corrected chi connectivity index (χ0v) is 16.8. The number of amides is 1. The summed E-state index contributed by atoms with van der Waals surface area (Å²) in [5.74, 6) is -0.355. The van der Waals surface area contributed by atoms with Gasteiger partial charge in [0.1, 0.15) is 6.61 Å². The van der Waals surface area contributed by atoms with Crippen LogP contribution in [0.4, 0.5) is 5.69 Å². The van der Waals surface area contributed by atoms with Crippen molar-refractivity contribution in [3.05, 3.63) is 63.1 Å². The molecule has 0 spiro atoms. The number of benzene rings is 2. The third-order valence-electron chi connectivity index (χ3n) is 3.55. The molecule has 1 amide bonds. The molecule has 0 bridgehead atoms. The van der Waals surface area contributed by atoms with E-state index in [1.54, 1.807) is 18.2 Å². The fraction of sp³-hybridized carbons (Fsp3) is 0.263. The van der Waals surface area contributed by atoms with Crippen LogP contribution in [0.1, 0.15) is 16.7 Å². The van der Waals surface area contributed by atoms with E-state index in [1.807, 2.05) is 32.0 Å². The fourth-order valence-corrected chi connectivity index (χ4v) is 3.35. The molecule has 0 unspecified atom stereocenters. The molecule has 26 heavy (non-hydrogen) atoms. The van der Waals surface area contributed by atoms with Gasteiger partial charge in [-0.15, -0.1) is 11.8 Å². The molecule has 0 heterocycles. The largest absolute Gasteiger partial charge is 0.460 e. The molecule has 0 aliphatic heterocycles. The molecule has 0 atom stereocenters. The van der Waals surface area contributed by atoms with Crippen molar-refractivity contribution in [2.45, 2.75) is 20.5 Å². The molecule has 0 aromatic heterocycles. The summed E-state index contributed by atoms with van der Waals surface area (Å²) in [6.45, 7) is 3.94. The highest BCUT2D eigenvalue weighted by molar-refractivity contribution is 8.00. The third-order valence-corrected chi connectivity index (χ3v) is 5.16. The van der Waals surface area contributed by atoms with Crippen molar-refractivity contribution in [2.24, 2.45) is 0 Å². The van der Waals surface area contributed by atoms with Crippen LogP contribution in [0.25, 0.3) is 0 Å². The Kier molecular flexibility index (Phi) is 7.82. The van der Waals surface area contributed by atoms with Gasteiger partial charge in [-0.3, -0.25) is 9.59 Å². The molecule has 0 fully saturated rings. The zero-order chi connectivity index (χ0) is 19.1. The summed E-state index contributed by atoms with van der Waals surface area (Å²) in [7, 11) is 0. The Morgan fingerprint density at radius 2 is 1.77 bits per heavy atom. The van der Waals surface area contributed by atoms with E-state index < -0.39 is 5.97 Å². The quantitative estimate of drug-likeness (QED) is 0.649. The molecular weight excluding hydrogens is 393 g/mol. The summed E-state index contributed by atoms with van der Waals surface area (Å²) in [5.41, 5.74) is 3.48. The van der Waals surface area contributed by atoms with Gasteiger partial charge in [0.15, 0.2) is 0 Å². The van der Waals surface area contributed by atoms with Gasteiger partial charge in [-0.1, -0.05) is 47.0 Å². The van der Waals surface area contributed by atoms with Crippen molar-refractivity contribution in [2.75, 3.05) is 16.8 Å². The normalized spacial score (nSPS) is 10.5. The minimum Gasteiger partial charge on any atom is -0.460 e. The Morgan fingerprint density at radius 3 is 2.42 bits per heavy atom. The summed E-state index contributed by atoms with van der Waals surface area (Å²) < 4.78 is 5.16. The number of halogens is 2. The molecule has 2 aromatic rings.